The molecule has 15 heteroatoms. The number of carbonyl (C=O) groups excluding carboxylic acids is 4. The van der Waals surface area contributed by atoms with Crippen LogP contribution in [0.4, 0.5) is 17.1 Å². The number of sulfonamides is 1. The second kappa shape index (κ2) is 18.6. The maximum atomic E-state index is 14.0. The van der Waals surface area contributed by atoms with Crippen LogP contribution in [0.1, 0.15) is 82.9 Å². The molecule has 0 aliphatic carbocycles. The van der Waals surface area contributed by atoms with Gasteiger partial charge in [0.25, 0.3) is 5.91 Å². The second-order valence-electron chi connectivity index (χ2n) is 17.5. The lowest BCUT2D eigenvalue weighted by Gasteiger charge is -2.39. The number of anilines is 3. The van der Waals surface area contributed by atoms with Gasteiger partial charge in [0.1, 0.15) is 6.04 Å². The molecule has 9 rings (SSSR count). The number of benzene rings is 4. The fourth-order valence-corrected chi connectivity index (χ4v) is 11.4. The number of amides is 4. The Kier molecular flexibility index (Phi) is 12.5. The highest BCUT2D eigenvalue weighted by Gasteiger charge is 2.48. The summed E-state index contributed by atoms with van der Waals surface area (Å²) in [6.45, 7) is 3.18. The third-order valence-electron chi connectivity index (χ3n) is 13.2. The Morgan fingerprint density at radius 2 is 1.72 bits per heavy atom. The largest absolute Gasteiger partial charge is 0.394 e. The topological polar surface area (TPSA) is 190 Å². The zero-order chi connectivity index (χ0) is 45.2. The average Bonchev–Trinajstić information content (AvgIpc) is 3.91. The summed E-state index contributed by atoms with van der Waals surface area (Å²) >= 11 is 0. The minimum Gasteiger partial charge on any atom is -0.394 e. The molecule has 4 atom stereocenters. The number of rotatable bonds is 15. The van der Waals surface area contributed by atoms with Crippen molar-refractivity contribution in [2.45, 2.75) is 87.9 Å². The molecule has 0 bridgehead atoms. The van der Waals surface area contributed by atoms with Crippen LogP contribution in [0, 0.1) is 12.8 Å². The van der Waals surface area contributed by atoms with Gasteiger partial charge in [-0.25, -0.2) is 8.42 Å². The number of fused-ring (bicyclic) bond motifs is 4. The summed E-state index contributed by atoms with van der Waals surface area (Å²) in [5.74, 6) is -1.12. The van der Waals surface area contributed by atoms with E-state index in [1.165, 1.54) is 0 Å². The highest BCUT2D eigenvalue weighted by Crippen LogP contribution is 2.49. The summed E-state index contributed by atoms with van der Waals surface area (Å²) in [7, 11) is -3.80. The second-order valence-corrected chi connectivity index (χ2v) is 19.4. The van der Waals surface area contributed by atoms with Crippen LogP contribution in [0.2, 0.25) is 0 Å². The summed E-state index contributed by atoms with van der Waals surface area (Å²) in [5, 5.41) is 22.6. The summed E-state index contributed by atoms with van der Waals surface area (Å²) in [6.07, 6.45) is 6.30. The number of hydrogen-bond donors (Lipinski definition) is 5. The fourth-order valence-electron chi connectivity index (χ4n) is 9.76. The van der Waals surface area contributed by atoms with Crippen molar-refractivity contribution in [3.8, 4) is 11.1 Å². The van der Waals surface area contributed by atoms with Crippen LogP contribution in [0.5, 0.6) is 0 Å². The number of pyridine rings is 1. The van der Waals surface area contributed by atoms with E-state index in [0.29, 0.717) is 63.0 Å². The third-order valence-corrected chi connectivity index (χ3v) is 15.1. The Morgan fingerprint density at radius 3 is 2.51 bits per heavy atom. The van der Waals surface area contributed by atoms with E-state index in [-0.39, 0.29) is 47.6 Å². The van der Waals surface area contributed by atoms with Crippen molar-refractivity contribution in [2.75, 3.05) is 35.6 Å². The van der Waals surface area contributed by atoms with Gasteiger partial charge >= 0.3 is 0 Å². The molecular formula is C50H53N7O7S. The first-order valence-electron chi connectivity index (χ1n) is 22.4. The number of piperidine rings is 1. The first kappa shape index (κ1) is 43.8. The van der Waals surface area contributed by atoms with E-state index in [1.54, 1.807) is 27.4 Å². The molecule has 336 valence electrons. The number of aliphatic hydroxyl groups is 1. The van der Waals surface area contributed by atoms with E-state index in [2.05, 4.69) is 32.3 Å². The molecule has 0 saturated carbocycles. The zero-order valence-electron chi connectivity index (χ0n) is 36.3. The van der Waals surface area contributed by atoms with Crippen molar-refractivity contribution in [3.63, 3.8) is 0 Å². The van der Waals surface area contributed by atoms with Gasteiger partial charge in [-0.3, -0.25) is 29.5 Å². The monoisotopic (exact) mass is 895 g/mol. The van der Waals surface area contributed by atoms with Gasteiger partial charge < -0.3 is 26.0 Å². The summed E-state index contributed by atoms with van der Waals surface area (Å²) in [5.41, 5.74) is 9.42. The predicted molar refractivity (Wildman–Crippen MR) is 247 cm³/mol. The van der Waals surface area contributed by atoms with E-state index in [1.807, 2.05) is 85.9 Å². The molecule has 0 spiro atoms. The van der Waals surface area contributed by atoms with Gasteiger partial charge in [0.15, 0.2) is 0 Å². The number of imide groups is 1. The normalized spacial score (nSPS) is 20.4. The molecule has 2 saturated heterocycles. The number of hydrogen-bond acceptors (Lipinski definition) is 10. The fraction of sp³-hybridized carbons (Fsp3) is 0.340. The smallest absolute Gasteiger partial charge is 0.255 e. The van der Waals surface area contributed by atoms with Crippen molar-refractivity contribution in [3.05, 3.63) is 137 Å². The van der Waals surface area contributed by atoms with Crippen LogP contribution in [-0.2, 0) is 43.8 Å². The van der Waals surface area contributed by atoms with Crippen molar-refractivity contribution in [1.29, 1.82) is 0 Å². The van der Waals surface area contributed by atoms with Crippen LogP contribution >= 0.6 is 0 Å². The van der Waals surface area contributed by atoms with Crippen LogP contribution in [0.15, 0.2) is 108 Å². The van der Waals surface area contributed by atoms with Gasteiger partial charge in [0.2, 0.25) is 27.7 Å². The van der Waals surface area contributed by atoms with Crippen molar-refractivity contribution >= 4 is 50.7 Å². The van der Waals surface area contributed by atoms with Crippen molar-refractivity contribution in [2.24, 2.45) is 5.92 Å². The van der Waals surface area contributed by atoms with Gasteiger partial charge in [0.05, 0.1) is 23.6 Å². The molecule has 4 aliphatic heterocycles. The SMILES string of the molecule is Cc1ccc(S(=O)(=O)N2CC[C@@H]3[C@H](CO)Nc4ccc(-c5cccc(NC(=O)CCCc6ccc(CCCNc7cccc8c7CN(C7CCC(=O)NC7=O)C8=O)cn6)c5)cc4[C@@H]32)cc1. The number of carbonyl (C=O) groups is 4. The Balaban J connectivity index is 0.758. The molecular weight excluding hydrogens is 843 g/mol. The molecule has 14 nitrogen and oxygen atoms in total. The van der Waals surface area contributed by atoms with E-state index in [0.717, 1.165) is 63.3 Å². The van der Waals surface area contributed by atoms with Gasteiger partial charge in [0, 0.05) is 78.5 Å². The average molecular weight is 896 g/mol. The highest BCUT2D eigenvalue weighted by molar-refractivity contribution is 7.89. The Hall–Kier alpha value is -6.42. The van der Waals surface area contributed by atoms with Crippen LogP contribution in [-0.4, -0.2) is 83.1 Å². The number of nitrogens with one attached hydrogen (secondary N) is 4. The van der Waals surface area contributed by atoms with Gasteiger partial charge in [-0.2, -0.15) is 4.31 Å². The van der Waals surface area contributed by atoms with Crippen LogP contribution < -0.4 is 21.3 Å². The summed E-state index contributed by atoms with van der Waals surface area (Å²) in [4.78, 5) is 56.8. The molecule has 0 radical (unpaired) electrons. The molecule has 5 aromatic rings. The van der Waals surface area contributed by atoms with E-state index < -0.39 is 28.0 Å². The van der Waals surface area contributed by atoms with Crippen LogP contribution in [0.25, 0.3) is 11.1 Å². The minimum atomic E-state index is -3.80. The molecule has 2 fully saturated rings. The third kappa shape index (κ3) is 9.13. The van der Waals surface area contributed by atoms with E-state index >= 15 is 0 Å². The Morgan fingerprint density at radius 1 is 0.908 bits per heavy atom. The summed E-state index contributed by atoms with van der Waals surface area (Å²) < 4.78 is 29.6. The standard InChI is InChI=1S/C50H53N7O7S/c1-31-13-18-37(19-14-31)65(63,64)57-25-23-39-44(30-58)54-43-20-16-34(27-40(43)48(39)57)33-7-2-9-36(26-33)53-46(59)12-3-8-35-17-15-32(28-52-35)6-5-24-51-42-11-4-10-38-41(42)29-56(50(38)62)45-21-22-47(60)55-49(45)61/h2,4,7,9-11,13-20,26-28,39,44-45,48,51,54,58H,3,5-6,8,12,21-25,29-30H2,1H3,(H,53,59)(H,55,60,61)/t39-,44+,45?,48-/m1/s1. The first-order valence-corrected chi connectivity index (χ1v) is 23.8. The molecule has 4 amide bonds. The van der Waals surface area contributed by atoms with Gasteiger partial charge in [-0.05, 0) is 122 Å². The number of aromatic nitrogens is 1. The van der Waals surface area contributed by atoms with E-state index in [4.69, 9.17) is 0 Å². The number of aryl methyl sites for hydroxylation is 3. The summed E-state index contributed by atoms with van der Waals surface area (Å²) in [6, 6.07) is 28.8. The first-order chi connectivity index (χ1) is 31.5. The maximum absolute atomic E-state index is 14.0. The molecule has 65 heavy (non-hydrogen) atoms. The Bertz CT molecular complexity index is 2750. The predicted octanol–water partition coefficient (Wildman–Crippen LogP) is 6.36. The van der Waals surface area contributed by atoms with Gasteiger partial charge in [-0.15, -0.1) is 0 Å². The molecule has 1 aromatic heterocycles. The highest BCUT2D eigenvalue weighted by atomic mass is 32.2. The minimum absolute atomic E-state index is 0.0983. The lowest BCUT2D eigenvalue weighted by atomic mass is 9.82. The zero-order valence-corrected chi connectivity index (χ0v) is 37.1. The molecule has 5 N–H and O–H groups in total. The van der Waals surface area contributed by atoms with Gasteiger partial charge in [-0.1, -0.05) is 48.0 Å². The maximum Gasteiger partial charge on any atom is 0.255 e. The quantitative estimate of drug-likeness (QED) is 0.0584. The van der Waals surface area contributed by atoms with E-state index in [9.17, 15) is 32.7 Å². The van der Waals surface area contributed by atoms with Crippen molar-refractivity contribution in [1.82, 2.24) is 19.5 Å². The number of aliphatic hydroxyl groups excluding tert-OH is 1. The Labute approximate surface area is 378 Å². The van der Waals surface area contributed by atoms with Crippen LogP contribution in [0.3, 0.4) is 0 Å². The molecule has 5 heterocycles. The molecule has 4 aliphatic rings. The number of nitrogens with zero attached hydrogens (tertiary/aromatic N) is 3. The lowest BCUT2D eigenvalue weighted by molar-refractivity contribution is -0.137. The molecule has 1 unspecified atom stereocenters. The van der Waals surface area contributed by atoms with Crippen molar-refractivity contribution < 1.29 is 32.7 Å². The lowest BCUT2D eigenvalue weighted by Crippen LogP contribution is -2.52. The molecule has 4 aromatic carbocycles.